The van der Waals surface area contributed by atoms with E-state index in [0.717, 1.165) is 36.5 Å². The lowest BCUT2D eigenvalue weighted by Crippen LogP contribution is -2.41. The van der Waals surface area contributed by atoms with Crippen molar-refractivity contribution in [2.75, 3.05) is 18.4 Å². The highest BCUT2D eigenvalue weighted by Crippen LogP contribution is 2.27. The predicted octanol–water partition coefficient (Wildman–Crippen LogP) is 2.67. The van der Waals surface area contributed by atoms with Gasteiger partial charge >= 0.3 is 0 Å². The first kappa shape index (κ1) is 20.2. The SMILES string of the molecule is CC[C@H](Nc1ncnc2c1nc(-c1cnc(C)nc1)n2CC)C(=O)N1CC[C@@H](C)C1. The van der Waals surface area contributed by atoms with Crippen LogP contribution in [0.25, 0.3) is 22.6 Å². The molecule has 0 aliphatic carbocycles. The van der Waals surface area contributed by atoms with Gasteiger partial charge in [0, 0.05) is 32.0 Å². The van der Waals surface area contributed by atoms with Crippen LogP contribution in [0.4, 0.5) is 5.82 Å². The normalized spacial score (nSPS) is 17.5. The second-order valence-electron chi connectivity index (χ2n) is 7.88. The van der Waals surface area contributed by atoms with Crippen LogP contribution >= 0.6 is 0 Å². The standard InChI is InChI=1S/C21H28N8O/c1-5-16(21(30)28-8-7-13(3)11-28)26-18-17-20(25-12-24-18)29(6-2)19(27-17)15-9-22-14(4)23-10-15/h9-10,12-13,16H,5-8,11H2,1-4H3,(H,24,25,26)/t13-,16+/m1/s1. The molecule has 0 aromatic carbocycles. The number of aryl methyl sites for hydroxylation is 2. The molecular formula is C21H28N8O. The first-order chi connectivity index (χ1) is 14.5. The largest absolute Gasteiger partial charge is 0.356 e. The maximum absolute atomic E-state index is 13.0. The van der Waals surface area contributed by atoms with Gasteiger partial charge < -0.3 is 14.8 Å². The van der Waals surface area contributed by atoms with Gasteiger partial charge in [0.15, 0.2) is 17.0 Å². The van der Waals surface area contributed by atoms with Gasteiger partial charge in [0.2, 0.25) is 5.91 Å². The number of hydrogen-bond acceptors (Lipinski definition) is 7. The average Bonchev–Trinajstić information content (AvgIpc) is 3.35. The van der Waals surface area contributed by atoms with Gasteiger partial charge in [-0.3, -0.25) is 4.79 Å². The summed E-state index contributed by atoms with van der Waals surface area (Å²) in [4.78, 5) is 37.2. The van der Waals surface area contributed by atoms with Crippen LogP contribution in [-0.4, -0.2) is 59.4 Å². The lowest BCUT2D eigenvalue weighted by molar-refractivity contribution is -0.131. The fourth-order valence-corrected chi connectivity index (χ4v) is 3.93. The van der Waals surface area contributed by atoms with Crippen molar-refractivity contribution in [3.8, 4) is 11.4 Å². The van der Waals surface area contributed by atoms with E-state index >= 15 is 0 Å². The summed E-state index contributed by atoms with van der Waals surface area (Å²) in [5.74, 6) is 2.70. The minimum atomic E-state index is -0.341. The number of rotatable bonds is 6. The van der Waals surface area contributed by atoms with Crippen molar-refractivity contribution in [3.05, 3.63) is 24.5 Å². The van der Waals surface area contributed by atoms with Crippen LogP contribution in [0, 0.1) is 12.8 Å². The molecule has 2 atom stereocenters. The lowest BCUT2D eigenvalue weighted by Gasteiger charge is -2.23. The smallest absolute Gasteiger partial charge is 0.245 e. The number of carbonyl (C=O) groups excluding carboxylic acids is 1. The lowest BCUT2D eigenvalue weighted by atomic mass is 10.1. The molecule has 0 unspecified atom stereocenters. The molecular weight excluding hydrogens is 380 g/mol. The molecule has 158 valence electrons. The van der Waals surface area contributed by atoms with E-state index in [9.17, 15) is 4.79 Å². The molecule has 9 heteroatoms. The highest BCUT2D eigenvalue weighted by Gasteiger charge is 2.29. The molecule has 0 bridgehead atoms. The Labute approximate surface area is 176 Å². The molecule has 4 rings (SSSR count). The summed E-state index contributed by atoms with van der Waals surface area (Å²) in [6.45, 7) is 10.4. The van der Waals surface area contributed by atoms with Gasteiger partial charge in [0.1, 0.15) is 24.0 Å². The molecule has 0 saturated carbocycles. The number of imidazole rings is 1. The van der Waals surface area contributed by atoms with Crippen LogP contribution in [0.2, 0.25) is 0 Å². The first-order valence-electron chi connectivity index (χ1n) is 10.6. The molecule has 1 saturated heterocycles. The number of nitrogens with one attached hydrogen (secondary N) is 1. The quantitative estimate of drug-likeness (QED) is 0.669. The molecule has 0 spiro atoms. The summed E-state index contributed by atoms with van der Waals surface area (Å²) in [5.41, 5.74) is 2.19. The second kappa shape index (κ2) is 8.33. The van der Waals surface area contributed by atoms with Gasteiger partial charge in [-0.15, -0.1) is 0 Å². The monoisotopic (exact) mass is 408 g/mol. The van der Waals surface area contributed by atoms with Gasteiger partial charge in [-0.2, -0.15) is 0 Å². The van der Waals surface area contributed by atoms with Gasteiger partial charge in [0.05, 0.1) is 5.56 Å². The van der Waals surface area contributed by atoms with Gasteiger partial charge in [0.25, 0.3) is 0 Å². The third kappa shape index (κ3) is 3.71. The van der Waals surface area contributed by atoms with E-state index in [2.05, 4.69) is 32.2 Å². The zero-order chi connectivity index (χ0) is 21.3. The van der Waals surface area contributed by atoms with Gasteiger partial charge in [-0.1, -0.05) is 13.8 Å². The van der Waals surface area contributed by atoms with Crippen molar-refractivity contribution in [2.24, 2.45) is 5.92 Å². The van der Waals surface area contributed by atoms with E-state index in [0.29, 0.717) is 36.0 Å². The van der Waals surface area contributed by atoms with Crippen molar-refractivity contribution in [1.82, 2.24) is 34.4 Å². The van der Waals surface area contributed by atoms with E-state index < -0.39 is 0 Å². The van der Waals surface area contributed by atoms with Crippen LogP contribution in [0.5, 0.6) is 0 Å². The summed E-state index contributed by atoms with van der Waals surface area (Å²) < 4.78 is 2.02. The molecule has 0 radical (unpaired) electrons. The number of hydrogen-bond donors (Lipinski definition) is 1. The molecule has 1 aliphatic rings. The third-order valence-electron chi connectivity index (χ3n) is 5.64. The zero-order valence-electron chi connectivity index (χ0n) is 18.0. The second-order valence-corrected chi connectivity index (χ2v) is 7.88. The maximum atomic E-state index is 13.0. The number of anilines is 1. The van der Waals surface area contributed by atoms with E-state index in [1.54, 1.807) is 12.4 Å². The van der Waals surface area contributed by atoms with Crippen molar-refractivity contribution >= 4 is 22.9 Å². The zero-order valence-corrected chi connectivity index (χ0v) is 18.0. The van der Waals surface area contributed by atoms with Gasteiger partial charge in [-0.25, -0.2) is 24.9 Å². The molecule has 30 heavy (non-hydrogen) atoms. The van der Waals surface area contributed by atoms with Crippen LogP contribution in [0.15, 0.2) is 18.7 Å². The Balaban J connectivity index is 1.69. The van der Waals surface area contributed by atoms with Crippen molar-refractivity contribution < 1.29 is 4.79 Å². The number of fused-ring (bicyclic) bond motifs is 1. The number of amides is 1. The molecule has 3 aromatic heterocycles. The van der Waals surface area contributed by atoms with Crippen LogP contribution in [-0.2, 0) is 11.3 Å². The third-order valence-corrected chi connectivity index (χ3v) is 5.64. The van der Waals surface area contributed by atoms with Gasteiger partial charge in [-0.05, 0) is 32.6 Å². The fraction of sp³-hybridized carbons (Fsp3) is 0.524. The highest BCUT2D eigenvalue weighted by molar-refractivity contribution is 5.90. The summed E-state index contributed by atoms with van der Waals surface area (Å²) in [6.07, 6.45) is 6.78. The predicted molar refractivity (Wildman–Crippen MR) is 115 cm³/mol. The Kier molecular flexibility index (Phi) is 5.61. The Morgan fingerprint density at radius 1 is 1.23 bits per heavy atom. The van der Waals surface area contributed by atoms with Crippen LogP contribution in [0.3, 0.4) is 0 Å². The Morgan fingerprint density at radius 3 is 2.63 bits per heavy atom. The number of likely N-dealkylation sites (tertiary alicyclic amines) is 1. The summed E-state index contributed by atoms with van der Waals surface area (Å²) >= 11 is 0. The summed E-state index contributed by atoms with van der Waals surface area (Å²) in [6, 6.07) is -0.341. The number of aromatic nitrogens is 6. The first-order valence-corrected chi connectivity index (χ1v) is 10.6. The Bertz CT molecular complexity index is 1050. The molecule has 1 N–H and O–H groups in total. The van der Waals surface area contributed by atoms with Crippen molar-refractivity contribution in [3.63, 3.8) is 0 Å². The Morgan fingerprint density at radius 2 is 2.00 bits per heavy atom. The van der Waals surface area contributed by atoms with E-state index in [4.69, 9.17) is 4.98 Å². The molecule has 3 aromatic rings. The minimum absolute atomic E-state index is 0.121. The fourth-order valence-electron chi connectivity index (χ4n) is 3.93. The summed E-state index contributed by atoms with van der Waals surface area (Å²) in [7, 11) is 0. The van der Waals surface area contributed by atoms with Crippen LogP contribution < -0.4 is 5.32 Å². The number of nitrogens with zero attached hydrogens (tertiary/aromatic N) is 7. The summed E-state index contributed by atoms with van der Waals surface area (Å²) in [5, 5.41) is 3.34. The van der Waals surface area contributed by atoms with Crippen molar-refractivity contribution in [1.29, 1.82) is 0 Å². The molecule has 1 aliphatic heterocycles. The van der Waals surface area contributed by atoms with E-state index in [1.807, 2.05) is 30.2 Å². The molecule has 1 amide bonds. The van der Waals surface area contributed by atoms with E-state index in [1.165, 1.54) is 6.33 Å². The molecule has 1 fully saturated rings. The topological polar surface area (TPSA) is 102 Å². The minimum Gasteiger partial charge on any atom is -0.356 e. The Hall–Kier alpha value is -3.10. The van der Waals surface area contributed by atoms with Crippen LogP contribution in [0.1, 0.15) is 39.4 Å². The highest BCUT2D eigenvalue weighted by atomic mass is 16.2. The maximum Gasteiger partial charge on any atom is 0.245 e. The average molecular weight is 409 g/mol. The molecule has 4 heterocycles. The van der Waals surface area contributed by atoms with E-state index in [-0.39, 0.29) is 11.9 Å². The number of carbonyl (C=O) groups is 1. The van der Waals surface area contributed by atoms with Crippen molar-refractivity contribution in [2.45, 2.75) is 53.1 Å². The molecule has 9 nitrogen and oxygen atoms in total.